The summed E-state index contributed by atoms with van der Waals surface area (Å²) in [5.41, 5.74) is 4.63. The minimum atomic E-state index is -1.16. The first kappa shape index (κ1) is 21.6. The fourth-order valence-electron chi connectivity index (χ4n) is 4.98. The zero-order chi connectivity index (χ0) is 24.0. The smallest absolute Gasteiger partial charge is 0.329 e. The van der Waals surface area contributed by atoms with Crippen LogP contribution in [0, 0.1) is 0 Å². The van der Waals surface area contributed by atoms with E-state index in [0.717, 1.165) is 40.1 Å². The lowest BCUT2D eigenvalue weighted by Crippen LogP contribution is -2.46. The molecule has 0 saturated heterocycles. The van der Waals surface area contributed by atoms with Crippen molar-refractivity contribution in [3.63, 3.8) is 0 Å². The normalized spacial score (nSPS) is 15.6. The number of hydrogen-bond acceptors (Lipinski definition) is 5. The van der Waals surface area contributed by atoms with E-state index in [9.17, 15) is 19.2 Å². The van der Waals surface area contributed by atoms with Crippen molar-refractivity contribution < 1.29 is 23.9 Å². The number of methoxy groups -OCH3 is 1. The quantitative estimate of drug-likeness (QED) is 0.469. The number of nitrogens with zero attached hydrogens (tertiary/aromatic N) is 2. The van der Waals surface area contributed by atoms with Crippen molar-refractivity contribution in [1.29, 1.82) is 0 Å². The number of rotatable bonds is 5. The summed E-state index contributed by atoms with van der Waals surface area (Å²) in [7, 11) is 1.24. The molecule has 1 N–H and O–H groups in total. The van der Waals surface area contributed by atoms with Gasteiger partial charge in [0, 0.05) is 42.0 Å². The van der Waals surface area contributed by atoms with Gasteiger partial charge in [0.05, 0.1) is 18.2 Å². The number of imide groups is 1. The first-order chi connectivity index (χ1) is 16.4. The number of carbonyl (C=O) groups is 4. The number of fused-ring (bicyclic) bond motifs is 4. The molecule has 0 radical (unpaired) electrons. The van der Waals surface area contributed by atoms with Crippen molar-refractivity contribution >= 4 is 34.9 Å². The number of carbonyl (C=O) groups excluding carboxylic acids is 4. The van der Waals surface area contributed by atoms with Crippen LogP contribution in [0.4, 0.5) is 0 Å². The summed E-state index contributed by atoms with van der Waals surface area (Å²) in [6.45, 7) is 1.45. The Morgan fingerprint density at radius 1 is 1.06 bits per heavy atom. The first-order valence-electron chi connectivity index (χ1n) is 11.1. The number of ether oxygens (including phenoxy) is 1. The molecule has 1 aromatic carbocycles. The molecular weight excluding hydrogens is 434 g/mol. The van der Waals surface area contributed by atoms with Crippen molar-refractivity contribution in [2.75, 3.05) is 7.11 Å². The molecule has 3 heterocycles. The van der Waals surface area contributed by atoms with Crippen LogP contribution in [-0.2, 0) is 27.2 Å². The van der Waals surface area contributed by atoms with E-state index in [2.05, 4.69) is 5.32 Å². The number of esters is 1. The molecule has 1 aliphatic carbocycles. The molecule has 3 aromatic rings. The molecule has 2 aromatic heterocycles. The second-order valence-electron chi connectivity index (χ2n) is 8.36. The lowest BCUT2D eigenvalue weighted by molar-refractivity contribution is -0.145. The van der Waals surface area contributed by atoms with Crippen molar-refractivity contribution in [1.82, 2.24) is 14.6 Å². The summed E-state index contributed by atoms with van der Waals surface area (Å²) in [5.74, 6) is -1.93. The molecule has 0 fully saturated rings. The predicted octanol–water partition coefficient (Wildman–Crippen LogP) is 2.74. The van der Waals surface area contributed by atoms with Crippen LogP contribution in [0.1, 0.15) is 50.9 Å². The molecule has 5 rings (SSSR count). The lowest BCUT2D eigenvalue weighted by atomic mass is 9.93. The van der Waals surface area contributed by atoms with Gasteiger partial charge in [0.1, 0.15) is 6.04 Å². The van der Waals surface area contributed by atoms with Gasteiger partial charge >= 0.3 is 5.97 Å². The molecule has 0 bridgehead atoms. The average molecular weight is 457 g/mol. The van der Waals surface area contributed by atoms with Crippen LogP contribution in [-0.4, -0.2) is 46.1 Å². The lowest BCUT2D eigenvalue weighted by Gasteiger charge is -2.25. The summed E-state index contributed by atoms with van der Waals surface area (Å²) < 4.78 is 7.08. The summed E-state index contributed by atoms with van der Waals surface area (Å²) >= 11 is 0. The van der Waals surface area contributed by atoms with E-state index >= 15 is 0 Å². The Bertz CT molecular complexity index is 1370. The second kappa shape index (κ2) is 8.30. The predicted molar refractivity (Wildman–Crippen MR) is 124 cm³/mol. The Balaban J connectivity index is 1.65. The Morgan fingerprint density at radius 2 is 1.74 bits per heavy atom. The largest absolute Gasteiger partial charge is 0.467 e. The zero-order valence-corrected chi connectivity index (χ0v) is 18.8. The second-order valence-corrected chi connectivity index (χ2v) is 8.36. The van der Waals surface area contributed by atoms with Gasteiger partial charge in [-0.15, -0.1) is 0 Å². The van der Waals surface area contributed by atoms with Gasteiger partial charge in [0.25, 0.3) is 11.8 Å². The summed E-state index contributed by atoms with van der Waals surface area (Å²) in [6.07, 6.45) is 5.45. The maximum absolute atomic E-state index is 13.2. The van der Waals surface area contributed by atoms with Crippen LogP contribution in [0.25, 0.3) is 11.2 Å². The van der Waals surface area contributed by atoms with Gasteiger partial charge in [-0.25, -0.2) is 4.79 Å². The Labute approximate surface area is 195 Å². The first-order valence-corrected chi connectivity index (χ1v) is 11.1. The fraction of sp³-hybridized carbons (Fsp3) is 0.231. The monoisotopic (exact) mass is 457 g/mol. The standard InChI is InChI=1S/C26H23N3O5/c1-15(30)27-19-10-7-12-21-23(19)18(20-11-5-6-13-28(20)21)14-22(26(33)34-2)29-24(31)16-8-3-4-9-17(16)25(29)32/h3-6,8-11,13,22H,7,12,14H2,1-2H3,(H,27,30)/t22-/m0/s1. The minimum absolute atomic E-state index is 0.0535. The van der Waals surface area contributed by atoms with E-state index in [-0.39, 0.29) is 23.5 Å². The number of pyridine rings is 1. The van der Waals surface area contributed by atoms with E-state index in [4.69, 9.17) is 4.74 Å². The van der Waals surface area contributed by atoms with E-state index in [1.807, 2.05) is 34.9 Å². The molecule has 0 saturated carbocycles. The highest BCUT2D eigenvalue weighted by atomic mass is 16.5. The van der Waals surface area contributed by atoms with Gasteiger partial charge in [0.15, 0.2) is 0 Å². The van der Waals surface area contributed by atoms with Gasteiger partial charge in [-0.2, -0.15) is 0 Å². The molecule has 8 nitrogen and oxygen atoms in total. The number of aromatic nitrogens is 1. The molecule has 1 aliphatic heterocycles. The van der Waals surface area contributed by atoms with Crippen LogP contribution in [0.5, 0.6) is 0 Å². The van der Waals surface area contributed by atoms with Crippen molar-refractivity contribution in [2.24, 2.45) is 0 Å². The third-order valence-corrected chi connectivity index (χ3v) is 6.37. The van der Waals surface area contributed by atoms with Crippen molar-refractivity contribution in [3.05, 3.63) is 82.7 Å². The molecule has 34 heavy (non-hydrogen) atoms. The molecule has 0 spiro atoms. The molecule has 8 heteroatoms. The molecule has 3 amide bonds. The highest BCUT2D eigenvalue weighted by Crippen LogP contribution is 2.36. The van der Waals surface area contributed by atoms with Crippen LogP contribution in [0.3, 0.4) is 0 Å². The highest BCUT2D eigenvalue weighted by Gasteiger charge is 2.44. The number of nitrogens with one attached hydrogen (secondary N) is 1. The maximum atomic E-state index is 13.2. The summed E-state index contributed by atoms with van der Waals surface area (Å²) in [6, 6.07) is 11.1. The van der Waals surface area contributed by atoms with Gasteiger partial charge in [0.2, 0.25) is 5.91 Å². The van der Waals surface area contributed by atoms with E-state index in [0.29, 0.717) is 5.70 Å². The number of aryl methyl sites for hydroxylation is 1. The van der Waals surface area contributed by atoms with Crippen LogP contribution >= 0.6 is 0 Å². The Hall–Kier alpha value is -4.20. The van der Waals surface area contributed by atoms with Crippen LogP contribution in [0.2, 0.25) is 0 Å². The molecule has 1 atom stereocenters. The van der Waals surface area contributed by atoms with E-state index in [1.165, 1.54) is 14.0 Å². The molecule has 2 aliphatic rings. The van der Waals surface area contributed by atoms with Gasteiger partial charge < -0.3 is 14.5 Å². The van der Waals surface area contributed by atoms with Gasteiger partial charge in [-0.3, -0.25) is 19.3 Å². The number of amides is 3. The SMILES string of the molecule is COC(=O)[C@H](Cc1c2c(n3ccccc13)CCC=C2NC(C)=O)N1C(=O)c2ccccc2C1=O. The minimum Gasteiger partial charge on any atom is -0.467 e. The van der Waals surface area contributed by atoms with E-state index in [1.54, 1.807) is 24.3 Å². The molecule has 0 unspecified atom stereocenters. The summed E-state index contributed by atoms with van der Waals surface area (Å²) in [4.78, 5) is 52.3. The number of allylic oxidation sites excluding steroid dienone is 1. The Kier molecular flexibility index (Phi) is 5.28. The van der Waals surface area contributed by atoms with Crippen LogP contribution < -0.4 is 5.32 Å². The number of benzene rings is 1. The highest BCUT2D eigenvalue weighted by molar-refractivity contribution is 6.22. The van der Waals surface area contributed by atoms with Crippen LogP contribution in [0.15, 0.2) is 54.7 Å². The fourth-order valence-corrected chi connectivity index (χ4v) is 4.98. The third-order valence-electron chi connectivity index (χ3n) is 6.37. The number of hydrogen-bond donors (Lipinski definition) is 1. The summed E-state index contributed by atoms with van der Waals surface area (Å²) in [5, 5.41) is 2.90. The van der Waals surface area contributed by atoms with Crippen molar-refractivity contribution in [2.45, 2.75) is 32.2 Å². The van der Waals surface area contributed by atoms with Gasteiger partial charge in [-0.05, 0) is 42.7 Å². The zero-order valence-electron chi connectivity index (χ0n) is 18.8. The van der Waals surface area contributed by atoms with E-state index < -0.39 is 23.8 Å². The maximum Gasteiger partial charge on any atom is 0.329 e. The Morgan fingerprint density at radius 3 is 2.38 bits per heavy atom. The molecule has 172 valence electrons. The molecular formula is C26H23N3O5. The average Bonchev–Trinajstić information content (AvgIpc) is 3.29. The topological polar surface area (TPSA) is 97.2 Å². The van der Waals surface area contributed by atoms with Crippen molar-refractivity contribution in [3.8, 4) is 0 Å². The van der Waals surface area contributed by atoms with Gasteiger partial charge in [-0.1, -0.05) is 24.3 Å². The third kappa shape index (κ3) is 3.30.